The van der Waals surface area contributed by atoms with E-state index < -0.39 is 0 Å². The third kappa shape index (κ3) is 1.98. The van der Waals surface area contributed by atoms with Gasteiger partial charge in [-0.3, -0.25) is 4.68 Å². The minimum atomic E-state index is 0.423. The van der Waals surface area contributed by atoms with E-state index in [0.29, 0.717) is 5.41 Å². The molecule has 1 aliphatic rings. The lowest BCUT2D eigenvalue weighted by atomic mass is 9.73. The van der Waals surface area contributed by atoms with E-state index >= 15 is 0 Å². The summed E-state index contributed by atoms with van der Waals surface area (Å²) in [5.74, 6) is 0. The monoisotopic (exact) mass is 241 g/mol. The topological polar surface area (TPSA) is 29.9 Å². The Morgan fingerprint density at radius 1 is 1.50 bits per heavy atom. The van der Waals surface area contributed by atoms with Gasteiger partial charge in [-0.25, -0.2) is 0 Å². The molecule has 16 heavy (non-hydrogen) atoms. The molecule has 0 aromatic carbocycles. The first kappa shape index (κ1) is 11.9. The summed E-state index contributed by atoms with van der Waals surface area (Å²) in [4.78, 5) is 0. The Hall–Kier alpha value is -0.540. The van der Waals surface area contributed by atoms with Crippen molar-refractivity contribution in [3.8, 4) is 0 Å². The molecule has 1 aromatic heterocycles. The summed E-state index contributed by atoms with van der Waals surface area (Å²) >= 11 is 6.28. The second-order valence-corrected chi connectivity index (χ2v) is 5.37. The number of hydrogen-bond acceptors (Lipinski definition) is 2. The number of nitrogens with one attached hydrogen (secondary N) is 1. The Labute approximate surface area is 102 Å². The minimum Gasteiger partial charge on any atom is -0.316 e. The van der Waals surface area contributed by atoms with E-state index in [1.165, 1.54) is 18.4 Å². The molecule has 1 N–H and O–H groups in total. The van der Waals surface area contributed by atoms with Crippen LogP contribution in [-0.2, 0) is 13.5 Å². The molecule has 0 saturated carbocycles. The van der Waals surface area contributed by atoms with Crippen molar-refractivity contribution in [3.63, 3.8) is 0 Å². The molecule has 0 radical (unpaired) electrons. The first-order valence-corrected chi connectivity index (χ1v) is 6.34. The lowest BCUT2D eigenvalue weighted by molar-refractivity contribution is 0.150. The maximum absolute atomic E-state index is 6.28. The van der Waals surface area contributed by atoms with E-state index in [0.717, 1.165) is 30.4 Å². The van der Waals surface area contributed by atoms with E-state index in [4.69, 9.17) is 11.6 Å². The molecule has 2 rings (SSSR count). The van der Waals surface area contributed by atoms with Gasteiger partial charge >= 0.3 is 0 Å². The van der Waals surface area contributed by atoms with Crippen LogP contribution in [0.4, 0.5) is 0 Å². The van der Waals surface area contributed by atoms with Gasteiger partial charge in [0.15, 0.2) is 0 Å². The van der Waals surface area contributed by atoms with Crippen molar-refractivity contribution in [1.82, 2.24) is 15.1 Å². The van der Waals surface area contributed by atoms with Crippen molar-refractivity contribution in [1.29, 1.82) is 0 Å². The van der Waals surface area contributed by atoms with Gasteiger partial charge in [-0.15, -0.1) is 0 Å². The fourth-order valence-electron chi connectivity index (χ4n) is 2.65. The van der Waals surface area contributed by atoms with Crippen LogP contribution in [0.1, 0.15) is 31.0 Å². The summed E-state index contributed by atoms with van der Waals surface area (Å²) in [5.41, 5.74) is 2.74. The molecular formula is C12H20ClN3. The smallest absolute Gasteiger partial charge is 0.130 e. The summed E-state index contributed by atoms with van der Waals surface area (Å²) in [6.45, 7) is 6.53. The van der Waals surface area contributed by atoms with Crippen LogP contribution in [0, 0.1) is 12.3 Å². The van der Waals surface area contributed by atoms with Crippen LogP contribution in [0.5, 0.6) is 0 Å². The maximum atomic E-state index is 6.28. The minimum absolute atomic E-state index is 0.423. The van der Waals surface area contributed by atoms with Gasteiger partial charge in [0.2, 0.25) is 0 Å². The number of aryl methyl sites for hydroxylation is 2. The molecule has 2 heterocycles. The van der Waals surface area contributed by atoms with Crippen molar-refractivity contribution in [2.24, 2.45) is 12.5 Å². The molecule has 3 nitrogen and oxygen atoms in total. The summed E-state index contributed by atoms with van der Waals surface area (Å²) in [5, 5.41) is 8.57. The predicted octanol–water partition coefficient (Wildman–Crippen LogP) is 2.31. The molecule has 1 aromatic rings. The van der Waals surface area contributed by atoms with Crippen molar-refractivity contribution in [3.05, 3.63) is 16.4 Å². The van der Waals surface area contributed by atoms with Gasteiger partial charge in [-0.05, 0) is 25.2 Å². The Bertz CT molecular complexity index is 380. The fourth-order valence-corrected chi connectivity index (χ4v) is 2.89. The highest BCUT2D eigenvalue weighted by atomic mass is 35.5. The number of aromatic nitrogens is 2. The lowest BCUT2D eigenvalue weighted by Gasteiger charge is -2.43. The van der Waals surface area contributed by atoms with Crippen molar-refractivity contribution in [2.45, 2.75) is 33.1 Å². The average Bonchev–Trinajstić information content (AvgIpc) is 2.41. The molecule has 0 spiro atoms. The van der Waals surface area contributed by atoms with Gasteiger partial charge in [0.1, 0.15) is 5.15 Å². The maximum Gasteiger partial charge on any atom is 0.130 e. The third-order valence-electron chi connectivity index (χ3n) is 3.60. The second kappa shape index (κ2) is 4.38. The zero-order chi connectivity index (χ0) is 11.8. The van der Waals surface area contributed by atoms with Gasteiger partial charge in [0.05, 0.1) is 5.69 Å². The van der Waals surface area contributed by atoms with Crippen LogP contribution in [0.25, 0.3) is 0 Å². The Kier molecular flexibility index (Phi) is 3.27. The molecule has 1 saturated heterocycles. The number of hydrogen-bond donors (Lipinski definition) is 1. The fraction of sp³-hybridized carbons (Fsp3) is 0.750. The van der Waals surface area contributed by atoms with Crippen LogP contribution in [0.15, 0.2) is 0 Å². The van der Waals surface area contributed by atoms with Gasteiger partial charge < -0.3 is 5.32 Å². The van der Waals surface area contributed by atoms with Gasteiger partial charge in [0.25, 0.3) is 0 Å². The largest absolute Gasteiger partial charge is 0.316 e. The summed E-state index contributed by atoms with van der Waals surface area (Å²) < 4.78 is 1.78. The van der Waals surface area contributed by atoms with Crippen LogP contribution in [0.2, 0.25) is 5.15 Å². The summed E-state index contributed by atoms with van der Waals surface area (Å²) in [7, 11) is 1.91. The molecule has 0 amide bonds. The normalized spacial score (nSPS) is 18.5. The number of nitrogens with zero attached hydrogens (tertiary/aromatic N) is 2. The van der Waals surface area contributed by atoms with Crippen molar-refractivity contribution < 1.29 is 0 Å². The molecule has 1 fully saturated rings. The Morgan fingerprint density at radius 3 is 2.56 bits per heavy atom. The quantitative estimate of drug-likeness (QED) is 0.877. The standard InChI is InChI=1S/C12H20ClN3/c1-4-5-12(7-14-8-12)6-10-9(2)15-16(3)11(10)13/h14H,4-8H2,1-3H3. The molecule has 90 valence electrons. The average molecular weight is 242 g/mol. The molecule has 1 aliphatic heterocycles. The lowest BCUT2D eigenvalue weighted by Crippen LogP contribution is -2.54. The molecule has 4 heteroatoms. The van der Waals surface area contributed by atoms with E-state index in [-0.39, 0.29) is 0 Å². The van der Waals surface area contributed by atoms with Crippen molar-refractivity contribution >= 4 is 11.6 Å². The van der Waals surface area contributed by atoms with Crippen molar-refractivity contribution in [2.75, 3.05) is 13.1 Å². The second-order valence-electron chi connectivity index (χ2n) is 5.01. The number of rotatable bonds is 4. The predicted molar refractivity (Wildman–Crippen MR) is 66.9 cm³/mol. The van der Waals surface area contributed by atoms with E-state index in [9.17, 15) is 0 Å². The molecule has 0 unspecified atom stereocenters. The van der Waals surface area contributed by atoms with Gasteiger partial charge in [-0.1, -0.05) is 24.9 Å². The van der Waals surface area contributed by atoms with Crippen LogP contribution in [0.3, 0.4) is 0 Å². The van der Waals surface area contributed by atoms with E-state index in [1.807, 2.05) is 14.0 Å². The molecule has 0 bridgehead atoms. The zero-order valence-electron chi connectivity index (χ0n) is 10.3. The number of halogens is 1. The highest BCUT2D eigenvalue weighted by Crippen LogP contribution is 2.35. The van der Waals surface area contributed by atoms with E-state index in [2.05, 4.69) is 17.3 Å². The first-order chi connectivity index (χ1) is 7.58. The third-order valence-corrected chi connectivity index (χ3v) is 4.07. The van der Waals surface area contributed by atoms with Crippen LogP contribution in [-0.4, -0.2) is 22.9 Å². The Balaban J connectivity index is 2.19. The highest BCUT2D eigenvalue weighted by molar-refractivity contribution is 6.30. The van der Waals surface area contributed by atoms with Crippen LogP contribution >= 0.6 is 11.6 Å². The highest BCUT2D eigenvalue weighted by Gasteiger charge is 2.37. The molecule has 0 atom stereocenters. The summed E-state index contributed by atoms with van der Waals surface area (Å²) in [6, 6.07) is 0. The van der Waals surface area contributed by atoms with Gasteiger partial charge in [-0.2, -0.15) is 5.10 Å². The zero-order valence-corrected chi connectivity index (χ0v) is 11.1. The summed E-state index contributed by atoms with van der Waals surface area (Å²) in [6.07, 6.45) is 3.57. The first-order valence-electron chi connectivity index (χ1n) is 5.97. The van der Waals surface area contributed by atoms with Gasteiger partial charge in [0, 0.05) is 25.7 Å². The van der Waals surface area contributed by atoms with Crippen LogP contribution < -0.4 is 5.32 Å². The molecular weight excluding hydrogens is 222 g/mol. The SMILES string of the molecule is CCCC1(Cc2c(C)nn(C)c2Cl)CNC1. The Morgan fingerprint density at radius 2 is 2.19 bits per heavy atom. The van der Waals surface area contributed by atoms with E-state index in [1.54, 1.807) is 4.68 Å². The molecule has 0 aliphatic carbocycles.